The zero-order valence-electron chi connectivity index (χ0n) is 19.0. The lowest BCUT2D eigenvalue weighted by Crippen LogP contribution is -2.32. The second-order valence-electron chi connectivity index (χ2n) is 7.61. The molecule has 9 heteroatoms. The van der Waals surface area contributed by atoms with Crippen LogP contribution in [0, 0.1) is 5.82 Å². The molecule has 7 nitrogen and oxygen atoms in total. The topological polar surface area (TPSA) is 83.7 Å². The number of rotatable bonds is 10. The first kappa shape index (κ1) is 24.6. The molecule has 0 bridgehead atoms. The maximum Gasteiger partial charge on any atom is 0.253 e. The minimum absolute atomic E-state index is 0.121. The van der Waals surface area contributed by atoms with Gasteiger partial charge in [0.1, 0.15) is 22.2 Å². The summed E-state index contributed by atoms with van der Waals surface area (Å²) >= 11 is 0. The van der Waals surface area contributed by atoms with E-state index in [-0.39, 0.29) is 24.6 Å². The first-order valence-corrected chi connectivity index (χ1v) is 12.3. The van der Waals surface area contributed by atoms with Crippen LogP contribution in [0.2, 0.25) is 0 Å². The summed E-state index contributed by atoms with van der Waals surface area (Å²) in [5.41, 5.74) is 1.84. The van der Waals surface area contributed by atoms with E-state index in [1.807, 2.05) is 36.4 Å². The lowest BCUT2D eigenvalue weighted by molar-refractivity contribution is 0.0792. The molecule has 0 saturated carbocycles. The minimum atomic E-state index is -4.02. The molecule has 0 radical (unpaired) electrons. The van der Waals surface area contributed by atoms with Crippen molar-refractivity contribution in [1.29, 1.82) is 0 Å². The number of aryl methyl sites for hydroxylation is 1. The molecular weight excluding hydrogens is 445 g/mol. The van der Waals surface area contributed by atoms with E-state index < -0.39 is 20.7 Å². The molecule has 176 valence electrons. The predicted molar refractivity (Wildman–Crippen MR) is 124 cm³/mol. The molecule has 0 N–H and O–H groups in total. The van der Waals surface area contributed by atoms with E-state index in [0.717, 1.165) is 27.7 Å². The number of nitrogens with zero attached hydrogens (tertiary/aromatic N) is 3. The summed E-state index contributed by atoms with van der Waals surface area (Å²) < 4.78 is 46.4. The van der Waals surface area contributed by atoms with Crippen LogP contribution in [-0.4, -0.2) is 55.4 Å². The Hall–Kier alpha value is -3.04. The van der Waals surface area contributed by atoms with Gasteiger partial charge in [0.05, 0.1) is 0 Å². The molecule has 0 aliphatic heterocycles. The van der Waals surface area contributed by atoms with Gasteiger partial charge in [-0.1, -0.05) is 49.3 Å². The molecule has 0 atom stereocenters. The number of carbonyl (C=O) groups excluding carboxylic acids is 1. The third-order valence-corrected chi connectivity index (χ3v) is 7.46. The van der Waals surface area contributed by atoms with Crippen molar-refractivity contribution in [1.82, 2.24) is 14.4 Å². The van der Waals surface area contributed by atoms with Gasteiger partial charge < -0.3 is 9.42 Å². The van der Waals surface area contributed by atoms with Crippen molar-refractivity contribution in [3.05, 3.63) is 71.7 Å². The summed E-state index contributed by atoms with van der Waals surface area (Å²) in [5.74, 6) is -0.543. The molecule has 0 aliphatic rings. The molecule has 3 aromatic rings. The van der Waals surface area contributed by atoms with Crippen molar-refractivity contribution in [2.75, 3.05) is 26.7 Å². The number of sulfonamides is 1. The zero-order chi connectivity index (χ0) is 24.0. The average Bonchev–Trinajstić information content (AvgIpc) is 3.29. The Bertz CT molecular complexity index is 1190. The molecule has 2 aromatic carbocycles. The Morgan fingerprint density at radius 1 is 1.06 bits per heavy atom. The van der Waals surface area contributed by atoms with Crippen LogP contribution >= 0.6 is 0 Å². The summed E-state index contributed by atoms with van der Waals surface area (Å²) in [5, 5.41) is 4.08. The second kappa shape index (κ2) is 10.7. The van der Waals surface area contributed by atoms with Gasteiger partial charge in [-0.15, -0.1) is 0 Å². The van der Waals surface area contributed by atoms with Gasteiger partial charge in [-0.05, 0) is 24.6 Å². The van der Waals surface area contributed by atoms with Crippen molar-refractivity contribution < 1.29 is 22.1 Å². The first-order chi connectivity index (χ1) is 15.8. The summed E-state index contributed by atoms with van der Waals surface area (Å²) in [6.07, 6.45) is 1.21. The van der Waals surface area contributed by atoms with Crippen molar-refractivity contribution in [2.45, 2.75) is 31.6 Å². The Morgan fingerprint density at radius 3 is 2.42 bits per heavy atom. The van der Waals surface area contributed by atoms with Crippen molar-refractivity contribution in [2.24, 2.45) is 0 Å². The fraction of sp³-hybridized carbons (Fsp3) is 0.333. The zero-order valence-corrected chi connectivity index (χ0v) is 19.8. The molecule has 1 heterocycles. The maximum absolute atomic E-state index is 14.3. The van der Waals surface area contributed by atoms with Crippen LogP contribution in [0.3, 0.4) is 0 Å². The van der Waals surface area contributed by atoms with Crippen LogP contribution in [0.1, 0.15) is 36.4 Å². The number of aromatic nitrogens is 1. The lowest BCUT2D eigenvalue weighted by Gasteiger charge is -2.20. The third-order valence-electron chi connectivity index (χ3n) is 5.39. The van der Waals surface area contributed by atoms with Crippen molar-refractivity contribution in [3.63, 3.8) is 0 Å². The molecule has 0 fully saturated rings. The Kier molecular flexibility index (Phi) is 7.99. The van der Waals surface area contributed by atoms with Crippen LogP contribution in [-0.2, 0) is 16.4 Å². The predicted octanol–water partition coefficient (Wildman–Crippen LogP) is 4.22. The highest BCUT2D eigenvalue weighted by molar-refractivity contribution is 7.89. The highest BCUT2D eigenvalue weighted by Crippen LogP contribution is 2.22. The van der Waals surface area contributed by atoms with E-state index >= 15 is 0 Å². The van der Waals surface area contributed by atoms with Gasteiger partial charge in [0.2, 0.25) is 10.0 Å². The van der Waals surface area contributed by atoms with Gasteiger partial charge in [-0.3, -0.25) is 4.79 Å². The average molecular weight is 474 g/mol. The third kappa shape index (κ3) is 5.66. The van der Waals surface area contributed by atoms with Gasteiger partial charge in [-0.25, -0.2) is 12.8 Å². The standard InChI is InChI=1S/C24H28FN3O4S/c1-4-28(5-2)33(30,31)23-16-19(13-14-21(23)25)24(29)27(3)15-9-12-20-17-22(26-32-20)18-10-7-6-8-11-18/h6-8,10-11,13-14,16-17H,4-5,9,12,15H2,1-3H3. The van der Waals surface area contributed by atoms with Gasteiger partial charge in [0.25, 0.3) is 5.91 Å². The number of benzene rings is 2. The highest BCUT2D eigenvalue weighted by atomic mass is 32.2. The largest absolute Gasteiger partial charge is 0.361 e. The van der Waals surface area contributed by atoms with Crippen LogP contribution in [0.25, 0.3) is 11.3 Å². The normalized spacial score (nSPS) is 11.7. The number of hydrogen-bond acceptors (Lipinski definition) is 5. The maximum atomic E-state index is 14.3. The quantitative estimate of drug-likeness (QED) is 0.440. The van der Waals surface area contributed by atoms with E-state index in [0.29, 0.717) is 25.1 Å². The monoisotopic (exact) mass is 473 g/mol. The second-order valence-corrected chi connectivity index (χ2v) is 9.52. The van der Waals surface area contributed by atoms with Crippen LogP contribution < -0.4 is 0 Å². The first-order valence-electron chi connectivity index (χ1n) is 10.8. The van der Waals surface area contributed by atoms with E-state index in [4.69, 9.17) is 4.52 Å². The molecule has 1 aromatic heterocycles. The van der Waals surface area contributed by atoms with Crippen molar-refractivity contribution >= 4 is 15.9 Å². The van der Waals surface area contributed by atoms with Crippen LogP contribution in [0.4, 0.5) is 4.39 Å². The summed E-state index contributed by atoms with van der Waals surface area (Å²) in [6.45, 7) is 4.20. The fourth-order valence-corrected chi connectivity index (χ4v) is 5.07. The smallest absolute Gasteiger partial charge is 0.253 e. The number of amides is 1. The van der Waals surface area contributed by atoms with E-state index in [1.54, 1.807) is 20.9 Å². The van der Waals surface area contributed by atoms with Crippen LogP contribution in [0.5, 0.6) is 0 Å². The Balaban J connectivity index is 1.64. The lowest BCUT2D eigenvalue weighted by atomic mass is 10.1. The molecule has 0 aliphatic carbocycles. The summed E-state index contributed by atoms with van der Waals surface area (Å²) in [6, 6.07) is 15.0. The van der Waals surface area contributed by atoms with Crippen molar-refractivity contribution in [3.8, 4) is 11.3 Å². The van der Waals surface area contributed by atoms with Gasteiger partial charge >= 0.3 is 0 Å². The number of halogens is 1. The molecule has 3 rings (SSSR count). The van der Waals surface area contributed by atoms with E-state index in [2.05, 4.69) is 5.16 Å². The summed E-state index contributed by atoms with van der Waals surface area (Å²) in [4.78, 5) is 13.8. The number of hydrogen-bond donors (Lipinski definition) is 0. The number of carbonyl (C=O) groups is 1. The molecule has 0 spiro atoms. The summed E-state index contributed by atoms with van der Waals surface area (Å²) in [7, 11) is -2.39. The SMILES string of the molecule is CCN(CC)S(=O)(=O)c1cc(C(=O)N(C)CCCc2cc(-c3ccccc3)no2)ccc1F. The van der Waals surface area contributed by atoms with E-state index in [9.17, 15) is 17.6 Å². The van der Waals surface area contributed by atoms with E-state index in [1.165, 1.54) is 11.0 Å². The molecule has 33 heavy (non-hydrogen) atoms. The van der Waals surface area contributed by atoms with Gasteiger partial charge in [0.15, 0.2) is 0 Å². The van der Waals surface area contributed by atoms with Gasteiger partial charge in [0, 0.05) is 50.3 Å². The molecule has 1 amide bonds. The molecular formula is C24H28FN3O4S. The Labute approximate surface area is 193 Å². The molecule has 0 unspecified atom stereocenters. The highest BCUT2D eigenvalue weighted by Gasteiger charge is 2.27. The minimum Gasteiger partial charge on any atom is -0.361 e. The van der Waals surface area contributed by atoms with Crippen LogP contribution in [0.15, 0.2) is 64.0 Å². The Morgan fingerprint density at radius 2 is 1.76 bits per heavy atom. The molecule has 0 saturated heterocycles. The fourth-order valence-electron chi connectivity index (χ4n) is 3.52. The van der Waals surface area contributed by atoms with Gasteiger partial charge in [-0.2, -0.15) is 4.31 Å².